The minimum absolute atomic E-state index is 0.619. The predicted octanol–water partition coefficient (Wildman–Crippen LogP) is 0.925. The minimum Gasteiger partial charge on any atom is -0.480 e. The van der Waals surface area contributed by atoms with E-state index in [1.165, 1.54) is 0 Å². The van der Waals surface area contributed by atoms with Crippen molar-refractivity contribution in [1.82, 2.24) is 25.5 Å². The van der Waals surface area contributed by atoms with E-state index in [4.69, 9.17) is 0 Å². The maximum absolute atomic E-state index is 11.2. The van der Waals surface area contributed by atoms with E-state index in [0.29, 0.717) is 13.0 Å². The highest BCUT2D eigenvalue weighted by Crippen LogP contribution is 2.18. The summed E-state index contributed by atoms with van der Waals surface area (Å²) < 4.78 is 1.63. The number of unbranched alkanes of at least 4 members (excludes halogenated alkanes) is 1. The molecule has 8 heteroatoms. The fourth-order valence-electron chi connectivity index (χ4n) is 1.75. The largest absolute Gasteiger partial charge is 0.480 e. The average Bonchev–Trinajstić information content (AvgIpc) is 2.75. The zero-order chi connectivity index (χ0) is 14.3. The number of aryl methyl sites for hydroxylation is 1. The molecule has 0 fully saturated rings. The van der Waals surface area contributed by atoms with Crippen molar-refractivity contribution in [2.45, 2.75) is 43.8 Å². The summed E-state index contributed by atoms with van der Waals surface area (Å²) in [6, 6.07) is 0. The van der Waals surface area contributed by atoms with Crippen molar-refractivity contribution in [1.29, 1.82) is 0 Å². The Morgan fingerprint density at radius 1 is 1.53 bits per heavy atom. The Hall–Kier alpha value is -1.15. The van der Waals surface area contributed by atoms with Crippen LogP contribution in [0.2, 0.25) is 0 Å². The van der Waals surface area contributed by atoms with Crippen LogP contribution in [0.1, 0.15) is 33.1 Å². The predicted molar refractivity (Wildman–Crippen MR) is 73.1 cm³/mol. The normalized spacial score (nSPS) is 14.3. The number of tetrazole rings is 1. The van der Waals surface area contributed by atoms with E-state index in [9.17, 15) is 9.90 Å². The zero-order valence-electron chi connectivity index (χ0n) is 11.6. The summed E-state index contributed by atoms with van der Waals surface area (Å²) in [6.07, 6.45) is 2.41. The smallest absolute Gasteiger partial charge is 0.323 e. The first-order valence-corrected chi connectivity index (χ1v) is 7.31. The van der Waals surface area contributed by atoms with Gasteiger partial charge in [-0.1, -0.05) is 25.1 Å². The lowest BCUT2D eigenvalue weighted by molar-refractivity contribution is -0.144. The van der Waals surface area contributed by atoms with E-state index >= 15 is 0 Å². The number of thioether (sulfide) groups is 1. The van der Waals surface area contributed by atoms with Crippen molar-refractivity contribution in [3.63, 3.8) is 0 Å². The highest BCUT2D eigenvalue weighted by molar-refractivity contribution is 7.99. The third-order valence-corrected chi connectivity index (χ3v) is 4.02. The van der Waals surface area contributed by atoms with Crippen LogP contribution >= 0.6 is 11.8 Å². The number of hydrogen-bond acceptors (Lipinski definition) is 6. The SMILES string of the molecule is CCNC(C)(CCCCSc1nnnn1C)C(=O)O. The van der Waals surface area contributed by atoms with Crippen LogP contribution < -0.4 is 5.32 Å². The van der Waals surface area contributed by atoms with Crippen LogP contribution in [0, 0.1) is 0 Å². The van der Waals surface area contributed by atoms with Gasteiger partial charge in [0.2, 0.25) is 5.16 Å². The van der Waals surface area contributed by atoms with Crippen LogP contribution in [0.25, 0.3) is 0 Å². The number of hydrogen-bond donors (Lipinski definition) is 2. The van der Waals surface area contributed by atoms with Gasteiger partial charge in [-0.25, -0.2) is 4.68 Å². The summed E-state index contributed by atoms with van der Waals surface area (Å²) in [6.45, 7) is 4.30. The highest BCUT2D eigenvalue weighted by atomic mass is 32.2. The molecule has 1 heterocycles. The Bertz CT molecular complexity index is 412. The molecule has 0 radical (unpaired) electrons. The zero-order valence-corrected chi connectivity index (χ0v) is 12.4. The molecule has 108 valence electrons. The molecule has 1 atom stereocenters. The molecule has 1 unspecified atom stereocenters. The van der Waals surface area contributed by atoms with Gasteiger partial charge in [0, 0.05) is 12.8 Å². The molecule has 1 rings (SSSR count). The van der Waals surface area contributed by atoms with E-state index in [1.54, 1.807) is 30.4 Å². The molecule has 0 spiro atoms. The molecule has 0 amide bonds. The van der Waals surface area contributed by atoms with Crippen molar-refractivity contribution in [2.24, 2.45) is 7.05 Å². The summed E-state index contributed by atoms with van der Waals surface area (Å²) >= 11 is 1.59. The van der Waals surface area contributed by atoms with Crippen LogP contribution in [-0.2, 0) is 11.8 Å². The van der Waals surface area contributed by atoms with Crippen molar-refractivity contribution in [2.75, 3.05) is 12.3 Å². The Labute approximate surface area is 117 Å². The van der Waals surface area contributed by atoms with Gasteiger partial charge in [-0.15, -0.1) is 5.10 Å². The maximum atomic E-state index is 11.2. The van der Waals surface area contributed by atoms with Gasteiger partial charge in [0.15, 0.2) is 0 Å². The molecule has 0 bridgehead atoms. The number of carboxylic acid groups (broad SMARTS) is 1. The lowest BCUT2D eigenvalue weighted by Gasteiger charge is -2.25. The molecule has 0 aliphatic rings. The van der Waals surface area contributed by atoms with Gasteiger partial charge >= 0.3 is 5.97 Å². The molecule has 0 aliphatic heterocycles. The third kappa shape index (κ3) is 4.79. The van der Waals surface area contributed by atoms with Gasteiger partial charge < -0.3 is 10.4 Å². The molecule has 2 N–H and O–H groups in total. The van der Waals surface area contributed by atoms with Crippen molar-refractivity contribution < 1.29 is 9.90 Å². The topological polar surface area (TPSA) is 92.9 Å². The number of nitrogens with one attached hydrogen (secondary N) is 1. The van der Waals surface area contributed by atoms with Crippen LogP contribution in [0.4, 0.5) is 0 Å². The second-order valence-corrected chi connectivity index (χ2v) is 5.62. The van der Waals surface area contributed by atoms with Crippen LogP contribution in [-0.4, -0.2) is 49.1 Å². The first kappa shape index (κ1) is 15.9. The summed E-state index contributed by atoms with van der Waals surface area (Å²) in [4.78, 5) is 11.2. The van der Waals surface area contributed by atoms with Crippen molar-refractivity contribution in [3.8, 4) is 0 Å². The highest BCUT2D eigenvalue weighted by Gasteiger charge is 2.30. The average molecular weight is 287 g/mol. The first-order chi connectivity index (χ1) is 8.99. The van der Waals surface area contributed by atoms with Gasteiger partial charge in [-0.05, 0) is 36.7 Å². The number of carbonyl (C=O) groups is 1. The Morgan fingerprint density at radius 3 is 2.79 bits per heavy atom. The van der Waals surface area contributed by atoms with Crippen molar-refractivity contribution >= 4 is 17.7 Å². The van der Waals surface area contributed by atoms with Gasteiger partial charge in [0.25, 0.3) is 0 Å². The lowest BCUT2D eigenvalue weighted by Crippen LogP contribution is -2.49. The number of rotatable bonds is 9. The maximum Gasteiger partial charge on any atom is 0.323 e. The number of carboxylic acids is 1. The molecule has 1 aromatic heterocycles. The number of aliphatic carboxylic acids is 1. The van der Waals surface area contributed by atoms with Crippen LogP contribution in [0.5, 0.6) is 0 Å². The molecule has 19 heavy (non-hydrogen) atoms. The molecule has 0 aromatic carbocycles. The second kappa shape index (κ2) is 7.44. The number of aromatic nitrogens is 4. The van der Waals surface area contributed by atoms with E-state index in [-0.39, 0.29) is 0 Å². The third-order valence-electron chi connectivity index (χ3n) is 2.92. The molecule has 0 saturated heterocycles. The molecule has 1 aromatic rings. The van der Waals surface area contributed by atoms with Gasteiger partial charge in [0.1, 0.15) is 5.54 Å². The Kier molecular flexibility index (Phi) is 6.23. The second-order valence-electron chi connectivity index (χ2n) is 4.56. The standard InChI is InChI=1S/C11H21N5O2S/c1-4-12-11(2,9(17)18)7-5-6-8-19-10-13-14-15-16(10)3/h12H,4-8H2,1-3H3,(H,17,18). The molecular weight excluding hydrogens is 266 g/mol. The Morgan fingerprint density at radius 2 is 2.26 bits per heavy atom. The van der Waals surface area contributed by atoms with Gasteiger partial charge in [-0.2, -0.15) is 0 Å². The fraction of sp³-hybridized carbons (Fsp3) is 0.818. The summed E-state index contributed by atoms with van der Waals surface area (Å²) in [5, 5.41) is 24.2. The summed E-state index contributed by atoms with van der Waals surface area (Å²) in [5.41, 5.74) is -0.828. The molecule has 0 aliphatic carbocycles. The van der Waals surface area contributed by atoms with Crippen molar-refractivity contribution in [3.05, 3.63) is 0 Å². The van der Waals surface area contributed by atoms with Gasteiger partial charge in [-0.3, -0.25) is 4.79 Å². The summed E-state index contributed by atoms with van der Waals surface area (Å²) in [5.74, 6) is 0.0928. The first-order valence-electron chi connectivity index (χ1n) is 6.33. The quantitative estimate of drug-likeness (QED) is 0.515. The molecular formula is C11H21N5O2S. The summed E-state index contributed by atoms with van der Waals surface area (Å²) in [7, 11) is 1.80. The Balaban J connectivity index is 2.26. The molecule has 0 saturated carbocycles. The van der Waals surface area contributed by atoms with Gasteiger partial charge in [0.05, 0.1) is 0 Å². The monoisotopic (exact) mass is 287 g/mol. The minimum atomic E-state index is -0.828. The number of nitrogens with zero attached hydrogens (tertiary/aromatic N) is 4. The molecule has 7 nitrogen and oxygen atoms in total. The van der Waals surface area contributed by atoms with Crippen LogP contribution in [0.3, 0.4) is 0 Å². The lowest BCUT2D eigenvalue weighted by atomic mass is 9.95. The van der Waals surface area contributed by atoms with E-state index < -0.39 is 11.5 Å². The van der Waals surface area contributed by atoms with E-state index in [0.717, 1.165) is 23.8 Å². The van der Waals surface area contributed by atoms with E-state index in [1.807, 2.05) is 6.92 Å². The van der Waals surface area contributed by atoms with E-state index in [2.05, 4.69) is 20.8 Å². The van der Waals surface area contributed by atoms with Crippen LogP contribution in [0.15, 0.2) is 5.16 Å². The number of likely N-dealkylation sites (N-methyl/N-ethyl adjacent to an activating group) is 1. The fourth-order valence-corrected chi connectivity index (χ4v) is 2.60.